The molecule has 0 spiro atoms. The normalized spacial score (nSPS) is 11.0. The van der Waals surface area contributed by atoms with Gasteiger partial charge in [0.15, 0.2) is 0 Å². The summed E-state index contributed by atoms with van der Waals surface area (Å²) in [5, 5.41) is 11.1. The first-order chi connectivity index (χ1) is 12.6. The highest BCUT2D eigenvalue weighted by molar-refractivity contribution is 6.11. The Kier molecular flexibility index (Phi) is 3.92. The fourth-order valence-corrected chi connectivity index (χ4v) is 2.78. The van der Waals surface area contributed by atoms with Crippen molar-refractivity contribution in [1.29, 1.82) is 0 Å². The van der Waals surface area contributed by atoms with Crippen LogP contribution in [0.15, 0.2) is 47.5 Å². The van der Waals surface area contributed by atoms with Crippen molar-refractivity contribution >= 4 is 22.6 Å². The molecule has 0 aliphatic rings. The van der Waals surface area contributed by atoms with E-state index in [1.807, 2.05) is 19.9 Å². The monoisotopic (exact) mass is 348 g/mol. The summed E-state index contributed by atoms with van der Waals surface area (Å²) >= 11 is 0. The van der Waals surface area contributed by atoms with Crippen molar-refractivity contribution in [3.8, 4) is 0 Å². The largest absolute Gasteiger partial charge is 0.361 e. The lowest BCUT2D eigenvalue weighted by Gasteiger charge is -2.05. The molecular weight excluding hydrogens is 332 g/mol. The SMILES string of the molecule is Cc1noc(C)c1Cn1cc(NC(=O)c2cccc3nccnc23)cn1. The van der Waals surface area contributed by atoms with Gasteiger partial charge in [-0.2, -0.15) is 5.10 Å². The smallest absolute Gasteiger partial charge is 0.258 e. The zero-order valence-electron chi connectivity index (χ0n) is 14.3. The average Bonchev–Trinajstić information content (AvgIpc) is 3.22. The van der Waals surface area contributed by atoms with Crippen molar-refractivity contribution in [3.05, 3.63) is 65.6 Å². The molecular formula is C18H16N6O2. The Labute approximate surface area is 148 Å². The van der Waals surface area contributed by atoms with Gasteiger partial charge >= 0.3 is 0 Å². The molecule has 0 unspecified atom stereocenters. The number of carbonyl (C=O) groups is 1. The van der Waals surface area contributed by atoms with Crippen LogP contribution in [0.25, 0.3) is 11.0 Å². The average molecular weight is 348 g/mol. The standard InChI is InChI=1S/C18H16N6O2/c1-11-15(12(2)26-23-11)10-24-9-13(8-21-24)22-18(25)14-4-3-5-16-17(14)20-7-6-19-16/h3-9H,10H2,1-2H3,(H,22,25). The number of aromatic nitrogens is 5. The summed E-state index contributed by atoms with van der Waals surface area (Å²) in [6.07, 6.45) is 6.54. The maximum Gasteiger partial charge on any atom is 0.258 e. The topological polar surface area (TPSA) is 98.7 Å². The minimum Gasteiger partial charge on any atom is -0.361 e. The van der Waals surface area contributed by atoms with Crippen LogP contribution in [-0.2, 0) is 6.54 Å². The van der Waals surface area contributed by atoms with Gasteiger partial charge in [0, 0.05) is 24.2 Å². The molecule has 0 radical (unpaired) electrons. The van der Waals surface area contributed by atoms with Crippen molar-refractivity contribution in [1.82, 2.24) is 24.9 Å². The molecule has 1 aromatic carbocycles. The van der Waals surface area contributed by atoms with Gasteiger partial charge in [-0.25, -0.2) is 0 Å². The van der Waals surface area contributed by atoms with E-state index in [0.717, 1.165) is 17.0 Å². The van der Waals surface area contributed by atoms with Crippen molar-refractivity contribution in [2.45, 2.75) is 20.4 Å². The number of carbonyl (C=O) groups excluding carboxylic acids is 1. The molecule has 0 saturated carbocycles. The van der Waals surface area contributed by atoms with Crippen LogP contribution in [-0.4, -0.2) is 30.8 Å². The Morgan fingerprint density at radius 3 is 2.88 bits per heavy atom. The van der Waals surface area contributed by atoms with E-state index in [1.165, 1.54) is 0 Å². The van der Waals surface area contributed by atoms with Gasteiger partial charge in [0.05, 0.1) is 35.2 Å². The van der Waals surface area contributed by atoms with E-state index in [2.05, 4.69) is 25.5 Å². The Morgan fingerprint density at radius 2 is 2.08 bits per heavy atom. The van der Waals surface area contributed by atoms with Gasteiger partial charge in [-0.3, -0.25) is 19.4 Å². The molecule has 0 bridgehead atoms. The number of benzene rings is 1. The molecule has 4 rings (SSSR count). The molecule has 8 nitrogen and oxygen atoms in total. The molecule has 0 aliphatic heterocycles. The highest BCUT2D eigenvalue weighted by Crippen LogP contribution is 2.17. The second kappa shape index (κ2) is 6.40. The summed E-state index contributed by atoms with van der Waals surface area (Å²) in [7, 11) is 0. The van der Waals surface area contributed by atoms with Crippen molar-refractivity contribution in [3.63, 3.8) is 0 Å². The van der Waals surface area contributed by atoms with Gasteiger partial charge in [-0.05, 0) is 26.0 Å². The van der Waals surface area contributed by atoms with Crippen LogP contribution in [0.5, 0.6) is 0 Å². The fraction of sp³-hybridized carbons (Fsp3) is 0.167. The molecule has 0 aliphatic carbocycles. The highest BCUT2D eigenvalue weighted by atomic mass is 16.5. The number of anilines is 1. The molecule has 1 amide bonds. The molecule has 8 heteroatoms. The lowest BCUT2D eigenvalue weighted by molar-refractivity contribution is 0.102. The first-order valence-electron chi connectivity index (χ1n) is 8.07. The fourth-order valence-electron chi connectivity index (χ4n) is 2.78. The summed E-state index contributed by atoms with van der Waals surface area (Å²) in [4.78, 5) is 21.1. The van der Waals surface area contributed by atoms with Crippen LogP contribution < -0.4 is 5.32 Å². The number of nitrogens with one attached hydrogen (secondary N) is 1. The molecule has 3 aromatic heterocycles. The predicted molar refractivity (Wildman–Crippen MR) is 94.8 cm³/mol. The Morgan fingerprint density at radius 1 is 1.23 bits per heavy atom. The summed E-state index contributed by atoms with van der Waals surface area (Å²) in [6, 6.07) is 5.33. The number of nitrogens with zero attached hydrogens (tertiary/aromatic N) is 5. The Balaban J connectivity index is 1.54. The maximum absolute atomic E-state index is 12.6. The second-order valence-corrected chi connectivity index (χ2v) is 5.91. The van der Waals surface area contributed by atoms with Crippen LogP contribution in [0.3, 0.4) is 0 Å². The summed E-state index contributed by atoms with van der Waals surface area (Å²) < 4.78 is 6.89. The zero-order valence-corrected chi connectivity index (χ0v) is 14.3. The number of amides is 1. The van der Waals surface area contributed by atoms with Crippen LogP contribution >= 0.6 is 0 Å². The molecule has 0 atom stereocenters. The van der Waals surface area contributed by atoms with Crippen molar-refractivity contribution < 1.29 is 9.32 Å². The molecule has 26 heavy (non-hydrogen) atoms. The van der Waals surface area contributed by atoms with Crippen LogP contribution in [0.2, 0.25) is 0 Å². The van der Waals surface area contributed by atoms with E-state index < -0.39 is 0 Å². The van der Waals surface area contributed by atoms with E-state index >= 15 is 0 Å². The first kappa shape index (κ1) is 15.9. The minimum atomic E-state index is -0.256. The van der Waals surface area contributed by atoms with E-state index in [0.29, 0.717) is 28.8 Å². The van der Waals surface area contributed by atoms with Crippen LogP contribution in [0, 0.1) is 13.8 Å². The third kappa shape index (κ3) is 2.92. The first-order valence-corrected chi connectivity index (χ1v) is 8.07. The summed E-state index contributed by atoms with van der Waals surface area (Å²) in [5.41, 5.74) is 4.12. The van der Waals surface area contributed by atoms with Gasteiger partial charge in [0.1, 0.15) is 11.3 Å². The van der Waals surface area contributed by atoms with Gasteiger partial charge in [-0.1, -0.05) is 11.2 Å². The van der Waals surface area contributed by atoms with Crippen LogP contribution in [0.1, 0.15) is 27.4 Å². The van der Waals surface area contributed by atoms with Crippen molar-refractivity contribution in [2.75, 3.05) is 5.32 Å². The van der Waals surface area contributed by atoms with Gasteiger partial charge in [0.25, 0.3) is 5.91 Å². The van der Waals surface area contributed by atoms with Gasteiger partial charge in [0.2, 0.25) is 0 Å². The van der Waals surface area contributed by atoms with Crippen LogP contribution in [0.4, 0.5) is 5.69 Å². The summed E-state index contributed by atoms with van der Waals surface area (Å²) in [6.45, 7) is 4.28. The molecule has 0 saturated heterocycles. The lowest BCUT2D eigenvalue weighted by atomic mass is 10.1. The lowest BCUT2D eigenvalue weighted by Crippen LogP contribution is -2.12. The van der Waals surface area contributed by atoms with E-state index in [4.69, 9.17) is 4.52 Å². The van der Waals surface area contributed by atoms with E-state index in [-0.39, 0.29) is 5.91 Å². The molecule has 130 valence electrons. The second-order valence-electron chi connectivity index (χ2n) is 5.91. The molecule has 0 fully saturated rings. The third-order valence-electron chi connectivity index (χ3n) is 4.14. The summed E-state index contributed by atoms with van der Waals surface area (Å²) in [5.74, 6) is 0.505. The van der Waals surface area contributed by atoms with Gasteiger partial charge in [-0.15, -0.1) is 0 Å². The number of aryl methyl sites for hydroxylation is 2. The number of fused-ring (bicyclic) bond motifs is 1. The Hall–Kier alpha value is -3.55. The quantitative estimate of drug-likeness (QED) is 0.609. The molecule has 3 heterocycles. The Bertz CT molecular complexity index is 1070. The molecule has 4 aromatic rings. The maximum atomic E-state index is 12.6. The highest BCUT2D eigenvalue weighted by Gasteiger charge is 2.14. The van der Waals surface area contributed by atoms with E-state index in [1.54, 1.807) is 41.6 Å². The van der Waals surface area contributed by atoms with Gasteiger partial charge < -0.3 is 9.84 Å². The number of hydrogen-bond donors (Lipinski definition) is 1. The zero-order chi connectivity index (χ0) is 18.1. The number of rotatable bonds is 4. The predicted octanol–water partition coefficient (Wildman–Crippen LogP) is 2.73. The minimum absolute atomic E-state index is 0.256. The van der Waals surface area contributed by atoms with E-state index in [9.17, 15) is 4.79 Å². The number of para-hydroxylation sites is 1. The van der Waals surface area contributed by atoms with Crippen molar-refractivity contribution in [2.24, 2.45) is 0 Å². The third-order valence-corrected chi connectivity index (χ3v) is 4.14. The number of hydrogen-bond acceptors (Lipinski definition) is 6. The molecule has 1 N–H and O–H groups in total.